The van der Waals surface area contributed by atoms with Crippen LogP contribution in [0, 0.1) is 13.8 Å². The zero-order valence-corrected chi connectivity index (χ0v) is 19.1. The van der Waals surface area contributed by atoms with Gasteiger partial charge in [-0.05, 0) is 82.3 Å². The fraction of sp³-hybridized carbons (Fsp3) is 0.133. The Bertz CT molecular complexity index is 1210. The molecule has 2 nitrogen and oxygen atoms in total. The molecule has 160 valence electrons. The Kier molecular flexibility index (Phi) is 6.42. The summed E-state index contributed by atoms with van der Waals surface area (Å²) in [5.74, 6) is 1.80. The van der Waals surface area contributed by atoms with Crippen molar-refractivity contribution in [1.29, 1.82) is 0 Å². The molecule has 0 spiro atoms. The van der Waals surface area contributed by atoms with Crippen LogP contribution in [0.2, 0.25) is 0 Å². The lowest BCUT2D eigenvalue weighted by Gasteiger charge is -2.08. The maximum atomic E-state index is 5.48. The van der Waals surface area contributed by atoms with Gasteiger partial charge in [0, 0.05) is 0 Å². The zero-order valence-electron chi connectivity index (χ0n) is 19.1. The number of benzene rings is 4. The summed E-state index contributed by atoms with van der Waals surface area (Å²) in [6, 6.07) is 25.5. The van der Waals surface area contributed by atoms with Crippen LogP contribution in [0.3, 0.4) is 0 Å². The van der Waals surface area contributed by atoms with Gasteiger partial charge < -0.3 is 9.47 Å². The summed E-state index contributed by atoms with van der Waals surface area (Å²) < 4.78 is 11.0. The number of rotatable bonds is 6. The van der Waals surface area contributed by atoms with Gasteiger partial charge in [0.15, 0.2) is 0 Å². The van der Waals surface area contributed by atoms with Crippen molar-refractivity contribution in [3.63, 3.8) is 0 Å². The van der Waals surface area contributed by atoms with Crippen molar-refractivity contribution in [2.24, 2.45) is 0 Å². The van der Waals surface area contributed by atoms with Gasteiger partial charge >= 0.3 is 0 Å². The highest BCUT2D eigenvalue weighted by Crippen LogP contribution is 2.26. The van der Waals surface area contributed by atoms with Gasteiger partial charge in [-0.2, -0.15) is 0 Å². The average molecular weight is 421 g/mol. The lowest BCUT2D eigenvalue weighted by Crippen LogP contribution is -1.88. The van der Waals surface area contributed by atoms with Crippen molar-refractivity contribution in [2.45, 2.75) is 13.8 Å². The largest absolute Gasteiger partial charge is 0.496 e. The molecule has 2 heteroatoms. The van der Waals surface area contributed by atoms with E-state index in [0.717, 1.165) is 33.8 Å². The highest BCUT2D eigenvalue weighted by atomic mass is 16.5. The van der Waals surface area contributed by atoms with Crippen molar-refractivity contribution in [3.05, 3.63) is 106 Å². The Morgan fingerprint density at radius 1 is 0.531 bits per heavy atom. The van der Waals surface area contributed by atoms with E-state index in [1.807, 2.05) is 0 Å². The number of ether oxygens (including phenoxy) is 2. The summed E-state index contributed by atoms with van der Waals surface area (Å²) in [7, 11) is 3.42. The molecule has 0 aliphatic rings. The first kappa shape index (κ1) is 21.5. The van der Waals surface area contributed by atoms with Crippen LogP contribution in [-0.4, -0.2) is 14.2 Å². The molecule has 0 unspecified atom stereocenters. The minimum atomic E-state index is 0.902. The summed E-state index contributed by atoms with van der Waals surface area (Å²) in [6.07, 6.45) is 8.62. The van der Waals surface area contributed by atoms with Crippen LogP contribution < -0.4 is 9.47 Å². The van der Waals surface area contributed by atoms with E-state index < -0.39 is 0 Å². The van der Waals surface area contributed by atoms with Gasteiger partial charge in [0.05, 0.1) is 14.2 Å². The Balaban J connectivity index is 1.74. The van der Waals surface area contributed by atoms with Crippen molar-refractivity contribution >= 4 is 35.1 Å². The molecule has 0 heterocycles. The van der Waals surface area contributed by atoms with Crippen molar-refractivity contribution in [3.8, 4) is 11.5 Å². The fourth-order valence-corrected chi connectivity index (χ4v) is 3.82. The summed E-state index contributed by atoms with van der Waals surface area (Å²) in [5.41, 5.74) is 6.81. The molecule has 0 aliphatic heterocycles. The summed E-state index contributed by atoms with van der Waals surface area (Å²) in [5, 5.41) is 2.45. The first-order valence-electron chi connectivity index (χ1n) is 10.8. The van der Waals surface area contributed by atoms with E-state index in [1.165, 1.54) is 21.9 Å². The molecule has 0 aromatic heterocycles. The standard InChI is InChI=1S/C30H28O2/c1-21-9-11-23(17-29(21)31-3)13-15-27-19-25-7-5-6-8-26(25)20-28(27)16-14-24-12-10-22(2)30(18-24)32-4/h5-20H,1-4H3. The van der Waals surface area contributed by atoms with Crippen LogP contribution in [0.5, 0.6) is 11.5 Å². The first-order chi connectivity index (χ1) is 15.6. The first-order valence-corrected chi connectivity index (χ1v) is 10.8. The quantitative estimate of drug-likeness (QED) is 0.296. The van der Waals surface area contributed by atoms with Crippen molar-refractivity contribution in [2.75, 3.05) is 14.2 Å². The lowest BCUT2D eigenvalue weighted by molar-refractivity contribution is 0.411. The molecule has 0 N–H and O–H groups in total. The van der Waals surface area contributed by atoms with Gasteiger partial charge in [0.2, 0.25) is 0 Å². The molecule has 4 aromatic rings. The average Bonchev–Trinajstić information content (AvgIpc) is 2.82. The Morgan fingerprint density at radius 3 is 1.38 bits per heavy atom. The van der Waals surface area contributed by atoms with E-state index in [1.54, 1.807) is 14.2 Å². The molecule has 0 bridgehead atoms. The third-order valence-corrected chi connectivity index (χ3v) is 5.73. The second-order valence-electron chi connectivity index (χ2n) is 7.95. The second kappa shape index (κ2) is 9.57. The van der Waals surface area contributed by atoms with E-state index in [0.29, 0.717) is 0 Å². The van der Waals surface area contributed by atoms with E-state index in [9.17, 15) is 0 Å². The third kappa shape index (κ3) is 4.76. The molecule has 4 rings (SSSR count). The minimum absolute atomic E-state index is 0.902. The Labute approximate surface area is 190 Å². The maximum Gasteiger partial charge on any atom is 0.122 e. The molecule has 0 fully saturated rings. The number of methoxy groups -OCH3 is 2. The van der Waals surface area contributed by atoms with E-state index >= 15 is 0 Å². The van der Waals surface area contributed by atoms with Gasteiger partial charge in [-0.15, -0.1) is 0 Å². The predicted molar refractivity (Wildman–Crippen MR) is 137 cm³/mol. The lowest BCUT2D eigenvalue weighted by atomic mass is 9.98. The molecular formula is C30H28O2. The topological polar surface area (TPSA) is 18.5 Å². The number of hydrogen-bond acceptors (Lipinski definition) is 2. The summed E-state index contributed by atoms with van der Waals surface area (Å²) >= 11 is 0. The predicted octanol–water partition coefficient (Wildman–Crippen LogP) is 7.81. The van der Waals surface area contributed by atoms with E-state index in [-0.39, 0.29) is 0 Å². The van der Waals surface area contributed by atoms with Gasteiger partial charge in [0.1, 0.15) is 11.5 Å². The van der Waals surface area contributed by atoms with Crippen LogP contribution in [-0.2, 0) is 0 Å². The Morgan fingerprint density at radius 2 is 0.969 bits per heavy atom. The molecular weight excluding hydrogens is 392 g/mol. The van der Waals surface area contributed by atoms with Crippen LogP contribution in [0.25, 0.3) is 35.1 Å². The van der Waals surface area contributed by atoms with Crippen molar-refractivity contribution < 1.29 is 9.47 Å². The summed E-state index contributed by atoms with van der Waals surface area (Å²) in [6.45, 7) is 4.11. The summed E-state index contributed by atoms with van der Waals surface area (Å²) in [4.78, 5) is 0. The van der Waals surface area contributed by atoms with Gasteiger partial charge in [-0.3, -0.25) is 0 Å². The molecule has 0 radical (unpaired) electrons. The highest BCUT2D eigenvalue weighted by Gasteiger charge is 2.03. The monoisotopic (exact) mass is 420 g/mol. The maximum absolute atomic E-state index is 5.48. The smallest absolute Gasteiger partial charge is 0.122 e. The number of aryl methyl sites for hydroxylation is 2. The molecule has 0 aliphatic carbocycles. The molecule has 0 saturated carbocycles. The van der Waals surface area contributed by atoms with Gasteiger partial charge in [-0.25, -0.2) is 0 Å². The SMILES string of the molecule is COc1cc(C=Cc2cc3ccccc3cc2C=Cc2ccc(C)c(OC)c2)ccc1C. The number of fused-ring (bicyclic) bond motifs is 1. The van der Waals surface area contributed by atoms with Crippen LogP contribution >= 0.6 is 0 Å². The molecule has 32 heavy (non-hydrogen) atoms. The fourth-order valence-electron chi connectivity index (χ4n) is 3.82. The van der Waals surface area contributed by atoms with Crippen LogP contribution in [0.15, 0.2) is 72.8 Å². The molecule has 0 amide bonds. The van der Waals surface area contributed by atoms with Crippen LogP contribution in [0.4, 0.5) is 0 Å². The van der Waals surface area contributed by atoms with E-state index in [4.69, 9.17) is 9.47 Å². The van der Waals surface area contributed by atoms with E-state index in [2.05, 4.69) is 111 Å². The normalized spacial score (nSPS) is 11.5. The van der Waals surface area contributed by atoms with Crippen molar-refractivity contribution in [1.82, 2.24) is 0 Å². The van der Waals surface area contributed by atoms with Crippen LogP contribution in [0.1, 0.15) is 33.4 Å². The van der Waals surface area contributed by atoms with Gasteiger partial charge in [0.25, 0.3) is 0 Å². The minimum Gasteiger partial charge on any atom is -0.496 e. The molecule has 0 atom stereocenters. The molecule has 0 saturated heterocycles. The number of hydrogen-bond donors (Lipinski definition) is 0. The Hall–Kier alpha value is -3.78. The second-order valence-corrected chi connectivity index (χ2v) is 7.95. The highest BCUT2D eigenvalue weighted by molar-refractivity contribution is 5.91. The molecule has 4 aromatic carbocycles. The zero-order chi connectivity index (χ0) is 22.5. The van der Waals surface area contributed by atoms with Gasteiger partial charge in [-0.1, -0.05) is 72.8 Å². The third-order valence-electron chi connectivity index (χ3n) is 5.73.